The molecule has 0 bridgehead atoms. The van der Waals surface area contributed by atoms with Gasteiger partial charge in [0.15, 0.2) is 0 Å². The normalized spacial score (nSPS) is 16.8. The molecule has 0 aliphatic carbocycles. The first-order valence-electron chi connectivity index (χ1n) is 5.86. The Morgan fingerprint density at radius 2 is 1.95 bits per heavy atom. The first-order chi connectivity index (χ1) is 9.33. The number of carboxylic acid groups (broad SMARTS) is 1. The van der Waals surface area contributed by atoms with Gasteiger partial charge < -0.3 is 35.3 Å². The summed E-state index contributed by atoms with van der Waals surface area (Å²) < 4.78 is 5.04. The van der Waals surface area contributed by atoms with Crippen LogP contribution >= 0.6 is 0 Å². The van der Waals surface area contributed by atoms with E-state index in [1.165, 1.54) is 0 Å². The van der Waals surface area contributed by atoms with E-state index in [9.17, 15) is 24.6 Å². The number of rotatable bonds is 10. The predicted molar refractivity (Wildman–Crippen MR) is 64.8 cm³/mol. The number of aliphatic hydroxyl groups is 3. The van der Waals surface area contributed by atoms with Crippen molar-refractivity contribution in [3.8, 4) is 0 Å². The van der Waals surface area contributed by atoms with E-state index < -0.39 is 42.8 Å². The third kappa shape index (κ3) is 6.57. The van der Waals surface area contributed by atoms with Crippen LogP contribution in [-0.4, -0.2) is 76.2 Å². The van der Waals surface area contributed by atoms with Crippen LogP contribution in [0.25, 0.3) is 0 Å². The van der Waals surface area contributed by atoms with Crippen molar-refractivity contribution in [1.29, 1.82) is 0 Å². The van der Waals surface area contributed by atoms with Crippen molar-refractivity contribution in [3.63, 3.8) is 0 Å². The van der Waals surface area contributed by atoms with Crippen molar-refractivity contribution in [2.75, 3.05) is 13.2 Å². The largest absolute Gasteiger partial charge is 0.481 e. The number of hydrogen-bond acceptors (Lipinski definition) is 7. The summed E-state index contributed by atoms with van der Waals surface area (Å²) in [6.07, 6.45) is -4.74. The lowest BCUT2D eigenvalue weighted by Gasteiger charge is -2.30. The second-order valence-corrected chi connectivity index (χ2v) is 4.08. The Labute approximate surface area is 115 Å². The number of aliphatic carboxylic acids is 1. The molecule has 0 saturated carbocycles. The lowest BCUT2D eigenvalue weighted by atomic mass is 10.0. The molecule has 0 spiro atoms. The molecule has 116 valence electrons. The molecule has 0 unspecified atom stereocenters. The molecule has 0 aromatic heterocycles. The van der Waals surface area contributed by atoms with E-state index in [4.69, 9.17) is 14.9 Å². The molecule has 0 aliphatic heterocycles. The van der Waals surface area contributed by atoms with Gasteiger partial charge in [0.2, 0.25) is 5.91 Å². The number of carbonyl (C=O) groups is 3. The van der Waals surface area contributed by atoms with Gasteiger partial charge in [-0.2, -0.15) is 0 Å². The minimum absolute atomic E-state index is 0.292. The molecule has 0 fully saturated rings. The number of hydrogen-bond donors (Lipinski definition) is 5. The molecule has 9 nitrogen and oxygen atoms in total. The van der Waals surface area contributed by atoms with Gasteiger partial charge in [0, 0.05) is 6.92 Å². The number of aliphatic hydroxyl groups excluding tert-OH is 3. The third-order valence-corrected chi connectivity index (χ3v) is 2.41. The Balaban J connectivity index is 4.86. The number of aldehydes is 1. The quantitative estimate of drug-likeness (QED) is 0.272. The molecule has 0 aliphatic rings. The molecule has 1 amide bonds. The van der Waals surface area contributed by atoms with Gasteiger partial charge in [0.25, 0.3) is 0 Å². The fraction of sp³-hybridized carbons (Fsp3) is 0.727. The summed E-state index contributed by atoms with van der Waals surface area (Å²) in [5.74, 6) is -1.72. The Kier molecular flexibility index (Phi) is 8.64. The van der Waals surface area contributed by atoms with Gasteiger partial charge in [-0.15, -0.1) is 0 Å². The van der Waals surface area contributed by atoms with E-state index in [1.54, 1.807) is 0 Å². The zero-order valence-corrected chi connectivity index (χ0v) is 10.9. The molecule has 0 heterocycles. The van der Waals surface area contributed by atoms with Crippen LogP contribution in [0.3, 0.4) is 0 Å². The van der Waals surface area contributed by atoms with Crippen LogP contribution in [0.4, 0.5) is 0 Å². The zero-order valence-electron chi connectivity index (χ0n) is 10.9. The second-order valence-electron chi connectivity index (χ2n) is 4.08. The minimum atomic E-state index is -1.67. The molecule has 0 rings (SSSR count). The number of nitrogens with one attached hydrogen (secondary N) is 1. The fourth-order valence-electron chi connectivity index (χ4n) is 1.45. The predicted octanol–water partition coefficient (Wildman–Crippen LogP) is -2.74. The summed E-state index contributed by atoms with van der Waals surface area (Å²) in [4.78, 5) is 32.3. The van der Waals surface area contributed by atoms with Gasteiger partial charge in [-0.1, -0.05) is 0 Å². The summed E-state index contributed by atoms with van der Waals surface area (Å²) in [5.41, 5.74) is 0. The smallest absolute Gasteiger partial charge is 0.305 e. The third-order valence-electron chi connectivity index (χ3n) is 2.41. The molecule has 4 atom stereocenters. The average molecular weight is 293 g/mol. The van der Waals surface area contributed by atoms with Crippen molar-refractivity contribution in [2.24, 2.45) is 0 Å². The van der Waals surface area contributed by atoms with Crippen LogP contribution in [-0.2, 0) is 19.1 Å². The molecular weight excluding hydrogens is 274 g/mol. The highest BCUT2D eigenvalue weighted by Gasteiger charge is 2.34. The molecule has 5 N–H and O–H groups in total. The monoisotopic (exact) mass is 293 g/mol. The van der Waals surface area contributed by atoms with E-state index in [0.717, 1.165) is 6.92 Å². The first kappa shape index (κ1) is 18.4. The van der Waals surface area contributed by atoms with Crippen LogP contribution in [0.2, 0.25) is 0 Å². The summed E-state index contributed by atoms with van der Waals surface area (Å²) in [6.45, 7) is 0.0183. The molecule has 0 radical (unpaired) electrons. The maximum absolute atomic E-state index is 10.9. The zero-order chi connectivity index (χ0) is 15.7. The van der Waals surface area contributed by atoms with Crippen molar-refractivity contribution in [1.82, 2.24) is 5.32 Å². The van der Waals surface area contributed by atoms with Crippen molar-refractivity contribution >= 4 is 18.2 Å². The molecule has 20 heavy (non-hydrogen) atoms. The number of carboxylic acids is 1. The number of carbonyl (C=O) groups excluding carboxylic acids is 2. The van der Waals surface area contributed by atoms with E-state index in [1.807, 2.05) is 0 Å². The van der Waals surface area contributed by atoms with Crippen LogP contribution in [0.5, 0.6) is 0 Å². The van der Waals surface area contributed by atoms with E-state index in [-0.39, 0.29) is 13.0 Å². The van der Waals surface area contributed by atoms with Gasteiger partial charge >= 0.3 is 5.97 Å². The number of amides is 1. The van der Waals surface area contributed by atoms with Crippen LogP contribution in [0.15, 0.2) is 0 Å². The molecule has 0 aromatic carbocycles. The summed E-state index contributed by atoms with van der Waals surface area (Å²) >= 11 is 0. The summed E-state index contributed by atoms with van der Waals surface area (Å²) in [7, 11) is 0. The Bertz CT molecular complexity index is 334. The minimum Gasteiger partial charge on any atom is -0.481 e. The van der Waals surface area contributed by atoms with Gasteiger partial charge in [0.1, 0.15) is 30.6 Å². The highest BCUT2D eigenvalue weighted by molar-refractivity contribution is 5.77. The second kappa shape index (κ2) is 9.37. The maximum atomic E-state index is 10.9. The highest BCUT2D eigenvalue weighted by atomic mass is 16.5. The molecule has 0 aromatic rings. The van der Waals surface area contributed by atoms with E-state index >= 15 is 0 Å². The van der Waals surface area contributed by atoms with E-state index in [2.05, 4.69) is 5.32 Å². The van der Waals surface area contributed by atoms with Crippen LogP contribution in [0.1, 0.15) is 13.3 Å². The maximum Gasteiger partial charge on any atom is 0.305 e. The topological polar surface area (TPSA) is 153 Å². The Hall–Kier alpha value is -1.55. The molecule has 9 heteroatoms. The standard InChI is InChI=1S/C11H19NO8/c1-6(15)12-7(4-13)11(10(19)8(16)5-14)20-3-2-9(17)18/h4,7-8,10-11,14,16,19H,2-3,5H2,1H3,(H,12,15)(H,17,18)/t7-,8+,10+,11+/m0/s1. The Morgan fingerprint density at radius 1 is 1.35 bits per heavy atom. The Morgan fingerprint density at radius 3 is 2.35 bits per heavy atom. The van der Waals surface area contributed by atoms with E-state index in [0.29, 0.717) is 6.29 Å². The van der Waals surface area contributed by atoms with Crippen LogP contribution in [0, 0.1) is 0 Å². The van der Waals surface area contributed by atoms with Gasteiger partial charge in [-0.05, 0) is 0 Å². The molecule has 0 saturated heterocycles. The molecular formula is C11H19NO8. The number of ether oxygens (including phenoxy) is 1. The van der Waals surface area contributed by atoms with Gasteiger partial charge in [-0.3, -0.25) is 9.59 Å². The highest BCUT2D eigenvalue weighted by Crippen LogP contribution is 2.09. The first-order valence-corrected chi connectivity index (χ1v) is 5.86. The van der Waals surface area contributed by atoms with Crippen molar-refractivity contribution < 1.29 is 39.5 Å². The summed E-state index contributed by atoms with van der Waals surface area (Å²) in [6, 6.07) is -1.28. The average Bonchev–Trinajstić information content (AvgIpc) is 2.39. The van der Waals surface area contributed by atoms with Crippen molar-refractivity contribution in [3.05, 3.63) is 0 Å². The lowest BCUT2D eigenvalue weighted by Crippen LogP contribution is -2.54. The van der Waals surface area contributed by atoms with Crippen LogP contribution < -0.4 is 5.32 Å². The lowest BCUT2D eigenvalue weighted by molar-refractivity contribution is -0.145. The summed E-state index contributed by atoms with van der Waals surface area (Å²) in [5, 5.41) is 38.6. The van der Waals surface area contributed by atoms with Crippen molar-refractivity contribution in [2.45, 2.75) is 37.7 Å². The SMILES string of the molecule is CC(=O)N[C@@H](C=O)[C@@H](OCCC(=O)O)[C@H](O)[C@H](O)CO. The van der Waals surface area contributed by atoms with Gasteiger partial charge in [0.05, 0.1) is 19.6 Å². The fourth-order valence-corrected chi connectivity index (χ4v) is 1.45. The van der Waals surface area contributed by atoms with Gasteiger partial charge in [-0.25, -0.2) is 0 Å².